The molecule has 0 spiro atoms. The van der Waals surface area contributed by atoms with E-state index in [0.29, 0.717) is 6.07 Å². The molecular weight excluding hydrogens is 436 g/mol. The molecule has 0 saturated carbocycles. The Morgan fingerprint density at radius 2 is 1.42 bits per heavy atom. The molecule has 0 amide bonds. The summed E-state index contributed by atoms with van der Waals surface area (Å²) in [4.78, 5) is 13.4. The molecule has 1 N–H and O–H groups in total. The molecule has 0 aliphatic heterocycles. The van der Waals surface area contributed by atoms with Crippen molar-refractivity contribution in [1.29, 1.82) is 0 Å². The molecule has 4 rings (SSSR count). The molecule has 0 aliphatic rings. The summed E-state index contributed by atoms with van der Waals surface area (Å²) in [5, 5.41) is 0. The summed E-state index contributed by atoms with van der Waals surface area (Å²) in [5.41, 5.74) is -4.26. The van der Waals surface area contributed by atoms with Gasteiger partial charge in [-0.3, -0.25) is 0 Å². The lowest BCUT2D eigenvalue weighted by Crippen LogP contribution is -2.11. The number of H-pyrrole nitrogens is 1. The number of alkyl halides is 6. The number of hydrogen-bond acceptors (Lipinski definition) is 3. The zero-order valence-corrected chi connectivity index (χ0v) is 14.9. The van der Waals surface area contributed by atoms with E-state index in [1.807, 2.05) is 0 Å². The Hall–Kier alpha value is -3.57. The molecule has 2 heterocycles. The van der Waals surface area contributed by atoms with Gasteiger partial charge in [-0.25, -0.2) is 23.7 Å². The van der Waals surface area contributed by atoms with Gasteiger partial charge in [-0.1, -0.05) is 0 Å². The van der Waals surface area contributed by atoms with Gasteiger partial charge < -0.3 is 4.98 Å². The molecule has 0 aliphatic carbocycles. The van der Waals surface area contributed by atoms with E-state index in [2.05, 4.69) is 19.9 Å². The lowest BCUT2D eigenvalue weighted by molar-refractivity contribution is -0.140. The van der Waals surface area contributed by atoms with Crippen LogP contribution in [0.25, 0.3) is 33.9 Å². The van der Waals surface area contributed by atoms with Gasteiger partial charge in [0.15, 0.2) is 17.2 Å². The number of benzene rings is 2. The van der Waals surface area contributed by atoms with Crippen molar-refractivity contribution in [1.82, 2.24) is 19.9 Å². The van der Waals surface area contributed by atoms with E-state index in [9.17, 15) is 35.1 Å². The van der Waals surface area contributed by atoms with Gasteiger partial charge in [0.2, 0.25) is 0 Å². The standard InChI is InChI=1S/C19H8F8N4/c20-10-4-1-8(2-5-10)15-29-14(19(25,26)27)13-17(30-15)31-16(28-13)11-6-3-9(7-12(11)21)18(22,23)24/h1-7H,(H,28,29,30,31). The monoisotopic (exact) mass is 444 g/mol. The van der Waals surface area contributed by atoms with Gasteiger partial charge in [0.25, 0.3) is 0 Å². The molecule has 0 atom stereocenters. The molecule has 4 nitrogen and oxygen atoms in total. The maximum Gasteiger partial charge on any atom is 0.435 e. The first-order chi connectivity index (χ1) is 14.4. The molecule has 0 saturated heterocycles. The van der Waals surface area contributed by atoms with Crippen LogP contribution < -0.4 is 0 Å². The predicted molar refractivity (Wildman–Crippen MR) is 92.5 cm³/mol. The number of imidazole rings is 1. The van der Waals surface area contributed by atoms with Crippen LogP contribution in [0.5, 0.6) is 0 Å². The molecular formula is C19H8F8N4. The number of aromatic amines is 1. The second-order valence-electron chi connectivity index (χ2n) is 6.38. The van der Waals surface area contributed by atoms with Crippen LogP contribution in [-0.4, -0.2) is 19.9 Å². The molecule has 2 aromatic heterocycles. The Morgan fingerprint density at radius 3 is 2.00 bits per heavy atom. The van der Waals surface area contributed by atoms with Crippen LogP contribution in [0.1, 0.15) is 11.3 Å². The smallest absolute Gasteiger partial charge is 0.335 e. The second kappa shape index (κ2) is 7.00. The Balaban J connectivity index is 1.90. The highest BCUT2D eigenvalue weighted by atomic mass is 19.4. The van der Waals surface area contributed by atoms with Gasteiger partial charge in [0.05, 0.1) is 11.1 Å². The molecule has 160 valence electrons. The van der Waals surface area contributed by atoms with Crippen molar-refractivity contribution >= 4 is 11.2 Å². The minimum Gasteiger partial charge on any atom is -0.335 e. The summed E-state index contributed by atoms with van der Waals surface area (Å²) in [7, 11) is 0. The fourth-order valence-corrected chi connectivity index (χ4v) is 2.84. The maximum absolute atomic E-state index is 14.3. The van der Waals surface area contributed by atoms with E-state index in [4.69, 9.17) is 0 Å². The molecule has 0 bridgehead atoms. The van der Waals surface area contributed by atoms with Gasteiger partial charge in [-0.05, 0) is 42.5 Å². The molecule has 12 heteroatoms. The molecule has 0 fully saturated rings. The number of fused-ring (bicyclic) bond motifs is 1. The first-order valence-electron chi connectivity index (χ1n) is 8.41. The summed E-state index contributed by atoms with van der Waals surface area (Å²) in [6.45, 7) is 0. The minimum absolute atomic E-state index is 0.0686. The topological polar surface area (TPSA) is 54.5 Å². The fraction of sp³-hybridized carbons (Fsp3) is 0.105. The highest BCUT2D eigenvalue weighted by Gasteiger charge is 2.37. The number of rotatable bonds is 2. The van der Waals surface area contributed by atoms with E-state index < -0.39 is 63.6 Å². The Labute approximate surface area is 167 Å². The van der Waals surface area contributed by atoms with Gasteiger partial charge in [0.1, 0.15) is 23.0 Å². The minimum atomic E-state index is -4.96. The van der Waals surface area contributed by atoms with Gasteiger partial charge in [-0.2, -0.15) is 26.3 Å². The number of halogens is 8. The number of nitrogens with zero attached hydrogens (tertiary/aromatic N) is 3. The summed E-state index contributed by atoms with van der Waals surface area (Å²) < 4.78 is 106. The summed E-state index contributed by atoms with van der Waals surface area (Å²) in [6, 6.07) is 5.87. The third-order valence-electron chi connectivity index (χ3n) is 4.27. The lowest BCUT2D eigenvalue weighted by Gasteiger charge is -2.08. The van der Waals surface area contributed by atoms with Gasteiger partial charge >= 0.3 is 12.4 Å². The number of hydrogen-bond donors (Lipinski definition) is 1. The number of nitrogens with one attached hydrogen (secondary N) is 1. The summed E-state index contributed by atoms with van der Waals surface area (Å²) in [5.74, 6) is -2.84. The summed E-state index contributed by atoms with van der Waals surface area (Å²) >= 11 is 0. The van der Waals surface area contributed by atoms with Crippen LogP contribution in [0.2, 0.25) is 0 Å². The van der Waals surface area contributed by atoms with E-state index in [1.165, 1.54) is 12.1 Å². The van der Waals surface area contributed by atoms with Crippen LogP contribution in [0.3, 0.4) is 0 Å². The predicted octanol–water partition coefficient (Wildman–Crippen LogP) is 6.00. The zero-order valence-electron chi connectivity index (χ0n) is 14.9. The molecule has 0 unspecified atom stereocenters. The molecule has 0 radical (unpaired) electrons. The van der Waals surface area contributed by atoms with Crippen molar-refractivity contribution in [2.24, 2.45) is 0 Å². The van der Waals surface area contributed by atoms with Crippen LogP contribution in [-0.2, 0) is 12.4 Å². The fourth-order valence-electron chi connectivity index (χ4n) is 2.84. The van der Waals surface area contributed by atoms with E-state index in [1.54, 1.807) is 0 Å². The van der Waals surface area contributed by atoms with Crippen molar-refractivity contribution < 1.29 is 35.1 Å². The third-order valence-corrected chi connectivity index (χ3v) is 4.27. The average Bonchev–Trinajstić information content (AvgIpc) is 3.09. The highest BCUT2D eigenvalue weighted by Crippen LogP contribution is 2.36. The lowest BCUT2D eigenvalue weighted by atomic mass is 10.1. The third kappa shape index (κ3) is 3.92. The number of aromatic nitrogens is 4. The van der Waals surface area contributed by atoms with Crippen molar-refractivity contribution in [3.05, 3.63) is 65.4 Å². The molecule has 2 aromatic carbocycles. The largest absolute Gasteiger partial charge is 0.435 e. The van der Waals surface area contributed by atoms with Crippen molar-refractivity contribution in [2.75, 3.05) is 0 Å². The van der Waals surface area contributed by atoms with E-state index in [0.717, 1.165) is 18.2 Å². The van der Waals surface area contributed by atoms with E-state index >= 15 is 0 Å². The highest BCUT2D eigenvalue weighted by molar-refractivity contribution is 5.80. The van der Waals surface area contributed by atoms with Crippen molar-refractivity contribution in [3.63, 3.8) is 0 Å². The van der Waals surface area contributed by atoms with Crippen molar-refractivity contribution in [3.8, 4) is 22.8 Å². The Bertz CT molecular complexity index is 1270. The second-order valence-corrected chi connectivity index (χ2v) is 6.38. The van der Waals surface area contributed by atoms with E-state index in [-0.39, 0.29) is 11.6 Å². The summed E-state index contributed by atoms with van der Waals surface area (Å²) in [6.07, 6.45) is -9.76. The van der Waals surface area contributed by atoms with Crippen LogP contribution in [0.15, 0.2) is 42.5 Å². The average molecular weight is 444 g/mol. The maximum atomic E-state index is 14.3. The van der Waals surface area contributed by atoms with Crippen LogP contribution >= 0.6 is 0 Å². The quantitative estimate of drug-likeness (QED) is 0.386. The zero-order chi connectivity index (χ0) is 22.6. The first kappa shape index (κ1) is 20.7. The normalized spacial score (nSPS) is 12.5. The Kier molecular flexibility index (Phi) is 4.67. The van der Waals surface area contributed by atoms with Crippen LogP contribution in [0, 0.1) is 11.6 Å². The Morgan fingerprint density at radius 1 is 0.742 bits per heavy atom. The van der Waals surface area contributed by atoms with Gasteiger partial charge in [0, 0.05) is 5.56 Å². The van der Waals surface area contributed by atoms with Crippen LogP contribution in [0.4, 0.5) is 35.1 Å². The molecule has 4 aromatic rings. The van der Waals surface area contributed by atoms with Crippen molar-refractivity contribution in [2.45, 2.75) is 12.4 Å². The van der Waals surface area contributed by atoms with Gasteiger partial charge in [-0.15, -0.1) is 0 Å². The SMILES string of the molecule is Fc1ccc(-c2nc(C(F)(F)F)c3[nH]c(-c4ccc(C(F)(F)F)cc4F)nc3n2)cc1. The molecule has 31 heavy (non-hydrogen) atoms. The first-order valence-corrected chi connectivity index (χ1v) is 8.41.